The monoisotopic (exact) mass is 657 g/mol. The van der Waals surface area contributed by atoms with Crippen LogP contribution in [0.1, 0.15) is 110 Å². The Morgan fingerprint density at radius 3 is 1.70 bits per heavy atom. The number of ether oxygens (including phenoxy) is 2. The zero-order valence-corrected chi connectivity index (χ0v) is 29.1. The number of nitrogens with zero attached hydrogens (tertiary/aromatic N) is 3. The third kappa shape index (κ3) is 10.7. The van der Waals surface area contributed by atoms with Crippen LogP contribution in [-0.2, 0) is 9.47 Å². The molecule has 2 amide bonds. The molecule has 2 aliphatic rings. The number of halogens is 1. The molecule has 2 unspecified atom stereocenters. The molecule has 0 radical (unpaired) electrons. The molecule has 7 nitrogen and oxygen atoms in total. The standard InChI is InChI=1S/C19H30N2O2.C16H22BrNO2/c1-6-20(5)16-11-9-10-15(14-16)17-12-7-8-13-21(17)18(22)23-19(2,3)4;1-16(2,3)20-15(19)18-10-5-4-9-14(18)12-7-6-8-13(17)11-12/h9-11,14,17H,6-8,12-13H2,1-5H3;6-8,11,14H,4-5,9-10H2,1-3H3. The van der Waals surface area contributed by atoms with Crippen molar-refractivity contribution >= 4 is 33.8 Å². The lowest BCUT2D eigenvalue weighted by Crippen LogP contribution is -2.41. The Hall–Kier alpha value is -2.74. The average molecular weight is 659 g/mol. The Bertz CT molecular complexity index is 1210. The van der Waals surface area contributed by atoms with E-state index in [-0.39, 0.29) is 24.3 Å². The molecule has 2 aromatic carbocycles. The summed E-state index contributed by atoms with van der Waals surface area (Å²) in [6.45, 7) is 16.1. The molecule has 2 fully saturated rings. The lowest BCUT2D eigenvalue weighted by atomic mass is 9.95. The molecule has 2 saturated heterocycles. The van der Waals surface area contributed by atoms with Gasteiger partial charge >= 0.3 is 12.2 Å². The fourth-order valence-corrected chi connectivity index (χ4v) is 5.92. The fraction of sp³-hybridized carbons (Fsp3) is 0.600. The van der Waals surface area contributed by atoms with Gasteiger partial charge in [-0.05, 0) is 122 Å². The number of hydrogen-bond donors (Lipinski definition) is 0. The molecule has 0 N–H and O–H groups in total. The number of likely N-dealkylation sites (tertiary alicyclic amines) is 2. The summed E-state index contributed by atoms with van der Waals surface area (Å²) in [7, 11) is 2.09. The van der Waals surface area contributed by atoms with Crippen LogP contribution in [0.5, 0.6) is 0 Å². The van der Waals surface area contributed by atoms with E-state index in [9.17, 15) is 9.59 Å². The largest absolute Gasteiger partial charge is 0.444 e. The second-order valence-corrected chi connectivity index (χ2v) is 14.5. The van der Waals surface area contributed by atoms with Crippen LogP contribution in [0.2, 0.25) is 0 Å². The van der Waals surface area contributed by atoms with Crippen LogP contribution in [0.25, 0.3) is 0 Å². The van der Waals surface area contributed by atoms with Crippen LogP contribution >= 0.6 is 15.9 Å². The summed E-state index contributed by atoms with van der Waals surface area (Å²) >= 11 is 3.50. The van der Waals surface area contributed by atoms with Crippen molar-refractivity contribution < 1.29 is 19.1 Å². The molecule has 0 aliphatic carbocycles. The molecule has 8 heteroatoms. The number of carbonyl (C=O) groups excluding carboxylic acids is 2. The summed E-state index contributed by atoms with van der Waals surface area (Å²) in [6.07, 6.45) is 5.98. The number of amides is 2. The van der Waals surface area contributed by atoms with E-state index in [0.29, 0.717) is 0 Å². The van der Waals surface area contributed by atoms with Crippen LogP contribution in [0.3, 0.4) is 0 Å². The van der Waals surface area contributed by atoms with Crippen molar-refractivity contribution in [2.24, 2.45) is 0 Å². The first-order valence-electron chi connectivity index (χ1n) is 15.7. The summed E-state index contributed by atoms with van der Waals surface area (Å²) in [4.78, 5) is 30.9. The number of anilines is 1. The molecular weight excluding hydrogens is 606 g/mol. The van der Waals surface area contributed by atoms with Crippen molar-refractivity contribution in [2.45, 2.75) is 110 Å². The van der Waals surface area contributed by atoms with E-state index in [4.69, 9.17) is 9.47 Å². The number of piperidine rings is 2. The lowest BCUT2D eigenvalue weighted by Gasteiger charge is -2.37. The first-order valence-corrected chi connectivity index (χ1v) is 16.5. The molecule has 0 aromatic heterocycles. The fourth-order valence-electron chi connectivity index (χ4n) is 5.50. The first kappa shape index (κ1) is 34.7. The van der Waals surface area contributed by atoms with Crippen molar-refractivity contribution in [3.05, 3.63) is 64.1 Å². The van der Waals surface area contributed by atoms with Crippen LogP contribution < -0.4 is 4.90 Å². The summed E-state index contributed by atoms with van der Waals surface area (Å²) in [5, 5.41) is 0. The van der Waals surface area contributed by atoms with Gasteiger partial charge in [0.25, 0.3) is 0 Å². The molecule has 43 heavy (non-hydrogen) atoms. The molecule has 2 atom stereocenters. The van der Waals surface area contributed by atoms with Gasteiger partial charge in [0.1, 0.15) is 11.2 Å². The van der Waals surface area contributed by atoms with Crippen molar-refractivity contribution in [3.8, 4) is 0 Å². The molecule has 2 aliphatic heterocycles. The van der Waals surface area contributed by atoms with Crippen LogP contribution in [0, 0.1) is 0 Å². The molecule has 0 bridgehead atoms. The molecule has 0 saturated carbocycles. The van der Waals surface area contributed by atoms with Gasteiger partial charge in [-0.3, -0.25) is 0 Å². The maximum absolute atomic E-state index is 12.6. The molecule has 4 rings (SSSR count). The number of carbonyl (C=O) groups is 2. The third-order valence-electron chi connectivity index (χ3n) is 7.67. The maximum Gasteiger partial charge on any atom is 0.410 e. The number of benzene rings is 2. The van der Waals surface area contributed by atoms with E-state index in [1.807, 2.05) is 63.5 Å². The summed E-state index contributed by atoms with van der Waals surface area (Å²) < 4.78 is 12.2. The highest BCUT2D eigenvalue weighted by Gasteiger charge is 2.32. The normalized spacial score (nSPS) is 19.2. The van der Waals surface area contributed by atoms with E-state index in [0.717, 1.165) is 62.6 Å². The Labute approximate surface area is 268 Å². The van der Waals surface area contributed by atoms with Crippen molar-refractivity contribution in [1.29, 1.82) is 0 Å². The molecule has 2 heterocycles. The smallest absolute Gasteiger partial charge is 0.410 e. The van der Waals surface area contributed by atoms with Crippen molar-refractivity contribution in [1.82, 2.24) is 9.80 Å². The predicted molar refractivity (Wildman–Crippen MR) is 179 cm³/mol. The summed E-state index contributed by atoms with van der Waals surface area (Å²) in [5.41, 5.74) is 2.66. The quantitative estimate of drug-likeness (QED) is 0.328. The highest BCUT2D eigenvalue weighted by Crippen LogP contribution is 2.35. The van der Waals surface area contributed by atoms with Gasteiger partial charge in [0.2, 0.25) is 0 Å². The predicted octanol–water partition coefficient (Wildman–Crippen LogP) is 9.52. The Morgan fingerprint density at radius 2 is 1.26 bits per heavy atom. The minimum atomic E-state index is -0.455. The zero-order valence-electron chi connectivity index (χ0n) is 27.5. The molecule has 2 aromatic rings. The highest BCUT2D eigenvalue weighted by atomic mass is 79.9. The Morgan fingerprint density at radius 1 is 0.791 bits per heavy atom. The van der Waals surface area contributed by atoms with E-state index < -0.39 is 11.2 Å². The Balaban J connectivity index is 0.000000238. The van der Waals surface area contributed by atoms with E-state index in [1.165, 1.54) is 16.8 Å². The number of rotatable bonds is 4. The highest BCUT2D eigenvalue weighted by molar-refractivity contribution is 9.10. The van der Waals surface area contributed by atoms with E-state index in [1.54, 1.807) is 0 Å². The number of hydrogen-bond acceptors (Lipinski definition) is 5. The van der Waals surface area contributed by atoms with E-state index >= 15 is 0 Å². The molecule has 238 valence electrons. The zero-order chi connectivity index (χ0) is 31.8. The SMILES string of the molecule is CC(C)(C)OC(=O)N1CCCCC1c1cccc(Br)c1.CCN(C)c1cccc(C2CCCCN2C(=O)OC(C)(C)C)c1. The minimum absolute atomic E-state index is 0.115. The molecule has 0 spiro atoms. The minimum Gasteiger partial charge on any atom is -0.444 e. The first-order chi connectivity index (χ1) is 20.2. The van der Waals surface area contributed by atoms with Gasteiger partial charge in [-0.1, -0.05) is 40.2 Å². The van der Waals surface area contributed by atoms with E-state index in [2.05, 4.69) is 71.2 Å². The second kappa shape index (κ2) is 15.3. The van der Waals surface area contributed by atoms with Gasteiger partial charge in [-0.15, -0.1) is 0 Å². The average Bonchev–Trinajstić information content (AvgIpc) is 2.95. The topological polar surface area (TPSA) is 62.3 Å². The summed E-state index contributed by atoms with van der Waals surface area (Å²) in [6, 6.07) is 17.0. The van der Waals surface area contributed by atoms with Crippen LogP contribution in [0.15, 0.2) is 53.0 Å². The van der Waals surface area contributed by atoms with Gasteiger partial charge in [0.15, 0.2) is 0 Å². The van der Waals surface area contributed by atoms with Gasteiger partial charge in [-0.2, -0.15) is 0 Å². The van der Waals surface area contributed by atoms with Gasteiger partial charge < -0.3 is 24.2 Å². The van der Waals surface area contributed by atoms with Crippen molar-refractivity contribution in [3.63, 3.8) is 0 Å². The Kier molecular flexibility index (Phi) is 12.4. The van der Waals surface area contributed by atoms with Gasteiger partial charge in [0.05, 0.1) is 12.1 Å². The van der Waals surface area contributed by atoms with Crippen molar-refractivity contribution in [2.75, 3.05) is 31.6 Å². The molecular formula is C35H52BrN3O4. The van der Waals surface area contributed by atoms with Crippen LogP contribution in [0.4, 0.5) is 15.3 Å². The van der Waals surface area contributed by atoms with Gasteiger partial charge in [-0.25, -0.2) is 9.59 Å². The summed E-state index contributed by atoms with van der Waals surface area (Å²) in [5.74, 6) is 0. The third-order valence-corrected chi connectivity index (χ3v) is 8.16. The maximum atomic E-state index is 12.6. The lowest BCUT2D eigenvalue weighted by molar-refractivity contribution is 0.00852. The van der Waals surface area contributed by atoms with Gasteiger partial charge in [0, 0.05) is 36.8 Å². The van der Waals surface area contributed by atoms with Crippen LogP contribution in [-0.4, -0.2) is 59.9 Å². The second-order valence-electron chi connectivity index (χ2n) is 13.5.